The summed E-state index contributed by atoms with van der Waals surface area (Å²) in [6.07, 6.45) is -3.46. The topological polar surface area (TPSA) is 74.7 Å². The first-order chi connectivity index (χ1) is 13.8. The van der Waals surface area contributed by atoms with Gasteiger partial charge < -0.3 is 20.3 Å². The molecule has 2 aromatic rings. The second-order valence-electron chi connectivity index (χ2n) is 5.89. The van der Waals surface area contributed by atoms with Crippen molar-refractivity contribution in [1.29, 1.82) is 0 Å². The summed E-state index contributed by atoms with van der Waals surface area (Å²) >= 11 is 0. The first-order valence-corrected chi connectivity index (χ1v) is 8.74. The number of nitrogens with zero attached hydrogens (tertiary/aromatic N) is 4. The molecule has 7 nitrogen and oxygen atoms in total. The summed E-state index contributed by atoms with van der Waals surface area (Å²) in [4.78, 5) is 13.2. The standard InChI is InChI=1S/C18H22F4N6O.HI/c1-23-17(28(2)11-12-29-14-5-3-13(19)4-6-14)26-10-9-25-16-24-8-7-15(27-16)18(20,21)22;/h3-8H,9-12H2,1-2H3,(H,23,26)(H,24,25,27);1H. The molecule has 1 aromatic carbocycles. The Kier molecular flexibility index (Phi) is 10.6. The smallest absolute Gasteiger partial charge is 0.433 e. The van der Waals surface area contributed by atoms with Crippen molar-refractivity contribution in [2.75, 3.05) is 45.7 Å². The van der Waals surface area contributed by atoms with Crippen molar-refractivity contribution < 1.29 is 22.3 Å². The molecule has 1 heterocycles. The number of rotatable bonds is 8. The van der Waals surface area contributed by atoms with E-state index >= 15 is 0 Å². The number of guanidine groups is 1. The number of aliphatic imine (C=N–C) groups is 1. The van der Waals surface area contributed by atoms with Gasteiger partial charge >= 0.3 is 6.18 Å². The van der Waals surface area contributed by atoms with E-state index in [1.165, 1.54) is 12.1 Å². The Balaban J connectivity index is 0.00000450. The molecular formula is C18H23F4IN6O. The van der Waals surface area contributed by atoms with Crippen molar-refractivity contribution in [3.63, 3.8) is 0 Å². The van der Waals surface area contributed by atoms with Crippen LogP contribution in [0.5, 0.6) is 5.75 Å². The van der Waals surface area contributed by atoms with Gasteiger partial charge in [0.2, 0.25) is 5.95 Å². The van der Waals surface area contributed by atoms with Crippen molar-refractivity contribution in [1.82, 2.24) is 20.2 Å². The van der Waals surface area contributed by atoms with Crippen LogP contribution in [0.3, 0.4) is 0 Å². The van der Waals surface area contributed by atoms with E-state index in [0.717, 1.165) is 12.3 Å². The summed E-state index contributed by atoms with van der Waals surface area (Å²) in [6, 6.07) is 6.55. The zero-order chi connectivity index (χ0) is 21.3. The van der Waals surface area contributed by atoms with Crippen LogP contribution in [-0.4, -0.2) is 61.2 Å². The molecule has 0 saturated carbocycles. The third-order valence-corrected chi connectivity index (χ3v) is 3.72. The Morgan fingerprint density at radius 1 is 1.17 bits per heavy atom. The lowest BCUT2D eigenvalue weighted by Crippen LogP contribution is -2.42. The lowest BCUT2D eigenvalue weighted by atomic mass is 10.3. The Morgan fingerprint density at radius 2 is 1.87 bits per heavy atom. The van der Waals surface area contributed by atoms with E-state index in [4.69, 9.17) is 4.74 Å². The highest BCUT2D eigenvalue weighted by Crippen LogP contribution is 2.27. The van der Waals surface area contributed by atoms with Crippen LogP contribution in [0.4, 0.5) is 23.5 Å². The highest BCUT2D eigenvalue weighted by Gasteiger charge is 2.32. The monoisotopic (exact) mass is 542 g/mol. The molecule has 0 spiro atoms. The maximum absolute atomic E-state index is 12.9. The van der Waals surface area contributed by atoms with E-state index in [1.807, 2.05) is 11.9 Å². The number of ether oxygens (including phenoxy) is 1. The average molecular weight is 542 g/mol. The van der Waals surface area contributed by atoms with Gasteiger partial charge in [0.25, 0.3) is 0 Å². The van der Waals surface area contributed by atoms with Crippen LogP contribution in [0.1, 0.15) is 5.69 Å². The van der Waals surface area contributed by atoms with E-state index in [0.29, 0.717) is 38.0 Å². The van der Waals surface area contributed by atoms with Crippen LogP contribution in [0.2, 0.25) is 0 Å². The van der Waals surface area contributed by atoms with E-state index in [9.17, 15) is 17.6 Å². The SMILES string of the molecule is CN=C(NCCNc1nccc(C(F)(F)F)n1)N(C)CCOc1ccc(F)cc1.I. The molecule has 0 aliphatic carbocycles. The Labute approximate surface area is 189 Å². The highest BCUT2D eigenvalue weighted by molar-refractivity contribution is 14.0. The minimum atomic E-state index is -4.52. The molecule has 30 heavy (non-hydrogen) atoms. The van der Waals surface area contributed by atoms with Gasteiger partial charge in [-0.3, -0.25) is 4.99 Å². The summed E-state index contributed by atoms with van der Waals surface area (Å²) in [5, 5.41) is 5.80. The number of alkyl halides is 3. The van der Waals surface area contributed by atoms with Crippen molar-refractivity contribution in [2.24, 2.45) is 4.99 Å². The number of halogens is 5. The summed E-state index contributed by atoms with van der Waals surface area (Å²) in [5.74, 6) is 0.716. The number of nitrogens with one attached hydrogen (secondary N) is 2. The van der Waals surface area contributed by atoms with Crippen LogP contribution in [-0.2, 0) is 6.18 Å². The maximum atomic E-state index is 12.9. The molecule has 2 N–H and O–H groups in total. The van der Waals surface area contributed by atoms with Gasteiger partial charge in [0, 0.05) is 33.4 Å². The first kappa shape index (κ1) is 25.7. The zero-order valence-corrected chi connectivity index (χ0v) is 18.7. The molecule has 0 amide bonds. The molecule has 0 saturated heterocycles. The van der Waals surface area contributed by atoms with Gasteiger partial charge in [-0.1, -0.05) is 0 Å². The van der Waals surface area contributed by atoms with E-state index in [1.54, 1.807) is 19.2 Å². The third kappa shape index (κ3) is 8.55. The fourth-order valence-electron chi connectivity index (χ4n) is 2.27. The summed E-state index contributed by atoms with van der Waals surface area (Å²) in [5.41, 5.74) is -1.00. The summed E-state index contributed by atoms with van der Waals surface area (Å²) in [7, 11) is 3.43. The van der Waals surface area contributed by atoms with E-state index < -0.39 is 11.9 Å². The van der Waals surface area contributed by atoms with Gasteiger partial charge in [-0.25, -0.2) is 14.4 Å². The second kappa shape index (κ2) is 12.3. The largest absolute Gasteiger partial charge is 0.492 e. The summed E-state index contributed by atoms with van der Waals surface area (Å²) < 4.78 is 56.3. The number of benzene rings is 1. The fraction of sp³-hybridized carbons (Fsp3) is 0.389. The van der Waals surface area contributed by atoms with E-state index in [-0.39, 0.29) is 35.7 Å². The molecule has 0 radical (unpaired) electrons. The number of aromatic nitrogens is 2. The molecule has 0 fully saturated rings. The fourth-order valence-corrected chi connectivity index (χ4v) is 2.27. The lowest BCUT2D eigenvalue weighted by molar-refractivity contribution is -0.141. The zero-order valence-electron chi connectivity index (χ0n) is 16.4. The van der Waals surface area contributed by atoms with Gasteiger partial charge in [-0.15, -0.1) is 24.0 Å². The molecule has 2 rings (SSSR count). The highest BCUT2D eigenvalue weighted by atomic mass is 127. The van der Waals surface area contributed by atoms with Gasteiger partial charge in [-0.05, 0) is 30.3 Å². The first-order valence-electron chi connectivity index (χ1n) is 8.74. The Morgan fingerprint density at radius 3 is 2.50 bits per heavy atom. The maximum Gasteiger partial charge on any atom is 0.433 e. The predicted octanol–water partition coefficient (Wildman–Crippen LogP) is 3.25. The summed E-state index contributed by atoms with van der Waals surface area (Å²) in [6.45, 7) is 1.55. The quantitative estimate of drug-likeness (QED) is 0.176. The molecule has 0 aliphatic rings. The second-order valence-corrected chi connectivity index (χ2v) is 5.89. The Hall–Kier alpha value is -2.38. The predicted molar refractivity (Wildman–Crippen MR) is 117 cm³/mol. The molecule has 0 unspecified atom stereocenters. The van der Waals surface area contributed by atoms with Crippen LogP contribution in [0, 0.1) is 5.82 Å². The van der Waals surface area contributed by atoms with Gasteiger partial charge in [0.1, 0.15) is 23.9 Å². The molecule has 0 aliphatic heterocycles. The molecule has 0 bridgehead atoms. The number of likely N-dealkylation sites (N-methyl/N-ethyl adjacent to an activating group) is 1. The van der Waals surface area contributed by atoms with E-state index in [2.05, 4.69) is 25.6 Å². The number of hydrogen-bond acceptors (Lipinski definition) is 5. The Bertz CT molecular complexity index is 804. The average Bonchev–Trinajstić information content (AvgIpc) is 2.69. The normalized spacial score (nSPS) is 11.5. The van der Waals surface area contributed by atoms with Gasteiger partial charge in [0.15, 0.2) is 5.96 Å². The van der Waals surface area contributed by atoms with Crippen LogP contribution in [0.15, 0.2) is 41.5 Å². The molecule has 1 aromatic heterocycles. The lowest BCUT2D eigenvalue weighted by Gasteiger charge is -2.22. The van der Waals surface area contributed by atoms with Crippen molar-refractivity contribution in [3.05, 3.63) is 48.0 Å². The minimum Gasteiger partial charge on any atom is -0.492 e. The van der Waals surface area contributed by atoms with Crippen LogP contribution in [0.25, 0.3) is 0 Å². The molecule has 12 heteroatoms. The molecule has 166 valence electrons. The third-order valence-electron chi connectivity index (χ3n) is 3.72. The van der Waals surface area contributed by atoms with Crippen molar-refractivity contribution >= 4 is 35.9 Å². The number of hydrogen-bond donors (Lipinski definition) is 2. The van der Waals surface area contributed by atoms with Gasteiger partial charge in [-0.2, -0.15) is 13.2 Å². The van der Waals surface area contributed by atoms with Crippen LogP contribution >= 0.6 is 24.0 Å². The molecule has 0 atom stereocenters. The molecular weight excluding hydrogens is 519 g/mol. The van der Waals surface area contributed by atoms with Crippen molar-refractivity contribution in [3.8, 4) is 5.75 Å². The minimum absolute atomic E-state index is 0. The van der Waals surface area contributed by atoms with Crippen LogP contribution < -0.4 is 15.4 Å². The van der Waals surface area contributed by atoms with Gasteiger partial charge in [0.05, 0.1) is 6.54 Å². The van der Waals surface area contributed by atoms with Crippen molar-refractivity contribution in [2.45, 2.75) is 6.18 Å². The number of anilines is 1.